The van der Waals surface area contributed by atoms with Gasteiger partial charge in [0.2, 0.25) is 0 Å². The Morgan fingerprint density at radius 1 is 1.38 bits per heavy atom. The molecule has 1 aliphatic rings. The van der Waals surface area contributed by atoms with Crippen molar-refractivity contribution >= 4 is 11.9 Å². The van der Waals surface area contributed by atoms with Crippen LogP contribution < -0.4 is 5.32 Å². The largest absolute Gasteiger partial charge is 0.480 e. The standard InChI is InChI=1S/C16H21NO4/c1-16(10-5-11-21-16)15(20)17-13(14(18)19)9-8-12-6-3-2-4-7-12/h2-4,6-7,13H,5,8-11H2,1H3,(H,17,20)(H,18,19). The summed E-state index contributed by atoms with van der Waals surface area (Å²) in [5.74, 6) is -1.35. The Kier molecular flexibility index (Phi) is 4.96. The first-order chi connectivity index (χ1) is 10.0. The highest BCUT2D eigenvalue weighted by molar-refractivity contribution is 5.89. The SMILES string of the molecule is CC1(C(=O)NC(CCc2ccccc2)C(=O)O)CCCO1. The molecular weight excluding hydrogens is 270 g/mol. The van der Waals surface area contributed by atoms with E-state index < -0.39 is 17.6 Å². The lowest BCUT2D eigenvalue weighted by atomic mass is 10.00. The van der Waals surface area contributed by atoms with Crippen LogP contribution in [-0.2, 0) is 20.7 Å². The Bertz CT molecular complexity index is 494. The lowest BCUT2D eigenvalue weighted by Crippen LogP contribution is -2.50. The molecule has 0 bridgehead atoms. The highest BCUT2D eigenvalue weighted by Crippen LogP contribution is 2.25. The molecule has 1 aromatic carbocycles. The number of carbonyl (C=O) groups excluding carboxylic acids is 1. The molecular formula is C16H21NO4. The summed E-state index contributed by atoms with van der Waals surface area (Å²) < 4.78 is 5.44. The molecule has 0 aromatic heterocycles. The van der Waals surface area contributed by atoms with Crippen LogP contribution in [0.5, 0.6) is 0 Å². The van der Waals surface area contributed by atoms with Crippen molar-refractivity contribution in [3.05, 3.63) is 35.9 Å². The van der Waals surface area contributed by atoms with Gasteiger partial charge in [0, 0.05) is 6.61 Å². The quantitative estimate of drug-likeness (QED) is 0.837. The maximum absolute atomic E-state index is 12.2. The number of hydrogen-bond acceptors (Lipinski definition) is 3. The number of aliphatic carboxylic acids is 1. The first-order valence-electron chi connectivity index (χ1n) is 7.23. The summed E-state index contributed by atoms with van der Waals surface area (Å²) in [5, 5.41) is 11.9. The number of carbonyl (C=O) groups is 2. The van der Waals surface area contributed by atoms with Crippen LogP contribution >= 0.6 is 0 Å². The lowest BCUT2D eigenvalue weighted by molar-refractivity contribution is -0.147. The van der Waals surface area contributed by atoms with Crippen molar-refractivity contribution in [2.24, 2.45) is 0 Å². The molecule has 114 valence electrons. The first kappa shape index (κ1) is 15.5. The summed E-state index contributed by atoms with van der Waals surface area (Å²) in [4.78, 5) is 23.5. The fourth-order valence-corrected chi connectivity index (χ4v) is 2.48. The van der Waals surface area contributed by atoms with E-state index in [2.05, 4.69) is 5.32 Å². The van der Waals surface area contributed by atoms with Gasteiger partial charge in [0.15, 0.2) is 0 Å². The Morgan fingerprint density at radius 3 is 2.67 bits per heavy atom. The molecule has 1 aromatic rings. The normalized spacial score (nSPS) is 22.7. The van der Waals surface area contributed by atoms with E-state index in [0.717, 1.165) is 12.0 Å². The van der Waals surface area contributed by atoms with E-state index in [4.69, 9.17) is 4.74 Å². The molecule has 2 rings (SSSR count). The summed E-state index contributed by atoms with van der Waals surface area (Å²) >= 11 is 0. The molecule has 0 spiro atoms. The summed E-state index contributed by atoms with van der Waals surface area (Å²) in [6, 6.07) is 8.75. The van der Waals surface area contributed by atoms with Crippen molar-refractivity contribution < 1.29 is 19.4 Å². The number of amides is 1. The van der Waals surface area contributed by atoms with Gasteiger partial charge in [0.25, 0.3) is 5.91 Å². The maximum Gasteiger partial charge on any atom is 0.326 e. The third-order valence-corrected chi connectivity index (χ3v) is 3.87. The Labute approximate surface area is 124 Å². The van der Waals surface area contributed by atoms with Crippen molar-refractivity contribution in [3.8, 4) is 0 Å². The third-order valence-electron chi connectivity index (χ3n) is 3.87. The molecule has 1 heterocycles. The second-order valence-corrected chi connectivity index (χ2v) is 5.57. The minimum absolute atomic E-state index is 0.333. The fraction of sp³-hybridized carbons (Fsp3) is 0.500. The third kappa shape index (κ3) is 4.04. The van der Waals surface area contributed by atoms with Gasteiger partial charge in [-0.3, -0.25) is 4.79 Å². The van der Waals surface area contributed by atoms with E-state index in [1.165, 1.54) is 0 Å². The Balaban J connectivity index is 1.93. The molecule has 5 heteroatoms. The van der Waals surface area contributed by atoms with Gasteiger partial charge in [0.05, 0.1) is 0 Å². The van der Waals surface area contributed by atoms with Crippen molar-refractivity contribution in [1.82, 2.24) is 5.32 Å². The van der Waals surface area contributed by atoms with Gasteiger partial charge in [-0.05, 0) is 38.2 Å². The Hall–Kier alpha value is -1.88. The highest BCUT2D eigenvalue weighted by Gasteiger charge is 2.39. The van der Waals surface area contributed by atoms with Crippen LogP contribution in [0.2, 0.25) is 0 Å². The number of hydrogen-bond donors (Lipinski definition) is 2. The topological polar surface area (TPSA) is 75.6 Å². The van der Waals surface area contributed by atoms with Gasteiger partial charge in [0.1, 0.15) is 11.6 Å². The minimum Gasteiger partial charge on any atom is -0.480 e. The molecule has 0 radical (unpaired) electrons. The van der Waals surface area contributed by atoms with Crippen LogP contribution in [0.15, 0.2) is 30.3 Å². The summed E-state index contributed by atoms with van der Waals surface area (Å²) in [6.07, 6.45) is 2.42. The van der Waals surface area contributed by atoms with Gasteiger partial charge in [-0.2, -0.15) is 0 Å². The molecule has 5 nitrogen and oxygen atoms in total. The molecule has 1 aliphatic heterocycles. The molecule has 1 amide bonds. The molecule has 1 fully saturated rings. The molecule has 2 atom stereocenters. The number of aryl methyl sites for hydroxylation is 1. The van der Waals surface area contributed by atoms with E-state index in [-0.39, 0.29) is 5.91 Å². The van der Waals surface area contributed by atoms with Gasteiger partial charge < -0.3 is 15.2 Å². The highest BCUT2D eigenvalue weighted by atomic mass is 16.5. The van der Waals surface area contributed by atoms with Gasteiger partial charge in [-0.1, -0.05) is 30.3 Å². The van der Waals surface area contributed by atoms with Crippen LogP contribution in [0.3, 0.4) is 0 Å². The molecule has 2 N–H and O–H groups in total. The van der Waals surface area contributed by atoms with Crippen LogP contribution in [0, 0.1) is 0 Å². The maximum atomic E-state index is 12.2. The fourth-order valence-electron chi connectivity index (χ4n) is 2.48. The Morgan fingerprint density at radius 2 is 2.10 bits per heavy atom. The zero-order chi connectivity index (χ0) is 15.3. The van der Waals surface area contributed by atoms with Crippen LogP contribution in [-0.4, -0.2) is 35.2 Å². The predicted molar refractivity (Wildman–Crippen MR) is 77.9 cm³/mol. The summed E-state index contributed by atoms with van der Waals surface area (Å²) in [5.41, 5.74) is 0.168. The number of carboxylic acid groups (broad SMARTS) is 1. The van der Waals surface area contributed by atoms with Gasteiger partial charge in [-0.15, -0.1) is 0 Å². The number of nitrogens with one attached hydrogen (secondary N) is 1. The second-order valence-electron chi connectivity index (χ2n) is 5.57. The second kappa shape index (κ2) is 6.72. The average Bonchev–Trinajstić information content (AvgIpc) is 2.92. The van der Waals surface area contributed by atoms with E-state index in [1.807, 2.05) is 30.3 Å². The van der Waals surface area contributed by atoms with Crippen LogP contribution in [0.1, 0.15) is 31.7 Å². The predicted octanol–water partition coefficient (Wildman–Crippen LogP) is 1.76. The van der Waals surface area contributed by atoms with Crippen molar-refractivity contribution in [2.75, 3.05) is 6.61 Å². The van der Waals surface area contributed by atoms with Crippen LogP contribution in [0.4, 0.5) is 0 Å². The van der Waals surface area contributed by atoms with E-state index >= 15 is 0 Å². The van der Waals surface area contributed by atoms with Gasteiger partial charge >= 0.3 is 5.97 Å². The molecule has 1 saturated heterocycles. The number of carboxylic acids is 1. The smallest absolute Gasteiger partial charge is 0.326 e. The average molecular weight is 291 g/mol. The zero-order valence-electron chi connectivity index (χ0n) is 12.2. The first-order valence-corrected chi connectivity index (χ1v) is 7.23. The van der Waals surface area contributed by atoms with Crippen molar-refractivity contribution in [2.45, 2.75) is 44.2 Å². The van der Waals surface area contributed by atoms with E-state index in [0.29, 0.717) is 25.9 Å². The number of rotatable bonds is 6. The molecule has 0 aliphatic carbocycles. The molecule has 0 saturated carbocycles. The number of ether oxygens (including phenoxy) is 1. The molecule has 2 unspecified atom stereocenters. The van der Waals surface area contributed by atoms with E-state index in [1.54, 1.807) is 6.92 Å². The zero-order valence-corrected chi connectivity index (χ0v) is 12.2. The van der Waals surface area contributed by atoms with Crippen molar-refractivity contribution in [1.29, 1.82) is 0 Å². The summed E-state index contributed by atoms with van der Waals surface area (Å²) in [6.45, 7) is 2.26. The molecule has 21 heavy (non-hydrogen) atoms. The minimum atomic E-state index is -1.01. The van der Waals surface area contributed by atoms with E-state index in [9.17, 15) is 14.7 Å². The van der Waals surface area contributed by atoms with Gasteiger partial charge in [-0.25, -0.2) is 4.79 Å². The van der Waals surface area contributed by atoms with Crippen LogP contribution in [0.25, 0.3) is 0 Å². The van der Waals surface area contributed by atoms with Crippen molar-refractivity contribution in [3.63, 3.8) is 0 Å². The monoisotopic (exact) mass is 291 g/mol. The lowest BCUT2D eigenvalue weighted by Gasteiger charge is -2.24. The summed E-state index contributed by atoms with van der Waals surface area (Å²) in [7, 11) is 0. The number of benzene rings is 1.